The van der Waals surface area contributed by atoms with Gasteiger partial charge in [0.1, 0.15) is 0 Å². The van der Waals surface area contributed by atoms with Gasteiger partial charge in [-0.25, -0.2) is 9.50 Å². The Balaban J connectivity index is 1.68. The van der Waals surface area contributed by atoms with Crippen LogP contribution in [0.5, 0.6) is 0 Å². The van der Waals surface area contributed by atoms with Crippen molar-refractivity contribution in [2.24, 2.45) is 0 Å². The van der Waals surface area contributed by atoms with Crippen LogP contribution in [0.15, 0.2) is 30.9 Å². The smallest absolute Gasteiger partial charge is 0.272 e. The normalized spacial score (nSPS) is 11.3. The van der Waals surface area contributed by atoms with E-state index in [1.165, 1.54) is 0 Å². The molecular weight excluding hydrogens is 308 g/mol. The van der Waals surface area contributed by atoms with Crippen molar-refractivity contribution >= 4 is 11.6 Å². The lowest BCUT2D eigenvalue weighted by Crippen LogP contribution is -2.23. The van der Waals surface area contributed by atoms with Crippen LogP contribution in [0.2, 0.25) is 0 Å². The molecule has 3 aromatic heterocycles. The number of fused-ring (bicyclic) bond motifs is 1. The monoisotopic (exact) mass is 328 g/mol. The molecule has 0 aliphatic carbocycles. The van der Waals surface area contributed by atoms with E-state index in [0.717, 1.165) is 11.1 Å². The van der Waals surface area contributed by atoms with Crippen LogP contribution < -0.4 is 5.32 Å². The summed E-state index contributed by atoms with van der Waals surface area (Å²) in [5, 5.41) is 20.3. The maximum atomic E-state index is 12.3. The molecule has 0 aliphatic rings. The molecule has 0 bridgehead atoms. The molecule has 0 atom stereocenters. The average Bonchev–Trinajstić information content (AvgIpc) is 3.19. The molecule has 0 aromatic carbocycles. The first-order chi connectivity index (χ1) is 11.6. The lowest BCUT2D eigenvalue weighted by molar-refractivity contribution is 0.0945. The largest absolute Gasteiger partial charge is 0.396 e. The minimum Gasteiger partial charge on any atom is -0.396 e. The third kappa shape index (κ3) is 3.43. The minimum absolute atomic E-state index is 0.0475. The van der Waals surface area contributed by atoms with Gasteiger partial charge in [0.05, 0.1) is 6.20 Å². The van der Waals surface area contributed by atoms with Crippen LogP contribution >= 0.6 is 0 Å². The second-order valence-corrected chi connectivity index (χ2v) is 5.87. The van der Waals surface area contributed by atoms with Gasteiger partial charge in [0.25, 0.3) is 5.91 Å². The Morgan fingerprint density at radius 1 is 1.29 bits per heavy atom. The fourth-order valence-electron chi connectivity index (χ4n) is 2.31. The molecule has 0 saturated carbocycles. The van der Waals surface area contributed by atoms with Gasteiger partial charge in [0, 0.05) is 49.4 Å². The van der Waals surface area contributed by atoms with Gasteiger partial charge in [-0.05, 0) is 25.8 Å². The van der Waals surface area contributed by atoms with Crippen LogP contribution in [0.25, 0.3) is 5.65 Å². The van der Waals surface area contributed by atoms with E-state index >= 15 is 0 Å². The Morgan fingerprint density at radius 3 is 2.83 bits per heavy atom. The molecule has 3 heterocycles. The number of rotatable bonds is 6. The van der Waals surface area contributed by atoms with E-state index in [9.17, 15) is 4.79 Å². The number of nitrogens with zero attached hydrogens (tertiary/aromatic N) is 5. The standard InChI is InChI=1S/C16H20N6O2/c1-11(2)21-10-13(8-19-21)7-18-16(24)14-5-15-17-6-12(3-4-23)9-22(15)20-14/h5-6,8-11,23H,3-4,7H2,1-2H3,(H,18,24). The zero-order chi connectivity index (χ0) is 17.1. The van der Waals surface area contributed by atoms with Crippen molar-refractivity contribution in [3.8, 4) is 0 Å². The quantitative estimate of drug-likeness (QED) is 0.703. The Bertz CT molecular complexity index is 851. The lowest BCUT2D eigenvalue weighted by atomic mass is 10.2. The van der Waals surface area contributed by atoms with Gasteiger partial charge in [-0.15, -0.1) is 0 Å². The molecule has 0 aliphatic heterocycles. The van der Waals surface area contributed by atoms with Crippen molar-refractivity contribution in [1.29, 1.82) is 0 Å². The van der Waals surface area contributed by atoms with E-state index in [1.54, 1.807) is 29.2 Å². The lowest BCUT2D eigenvalue weighted by Gasteiger charge is -2.03. The Kier molecular flexibility index (Phi) is 4.57. The summed E-state index contributed by atoms with van der Waals surface area (Å²) in [6.07, 6.45) is 7.60. The zero-order valence-electron chi connectivity index (χ0n) is 13.7. The van der Waals surface area contributed by atoms with Gasteiger partial charge in [-0.2, -0.15) is 10.2 Å². The van der Waals surface area contributed by atoms with Crippen LogP contribution in [0.4, 0.5) is 0 Å². The fraction of sp³-hybridized carbons (Fsp3) is 0.375. The number of hydrogen-bond acceptors (Lipinski definition) is 5. The highest BCUT2D eigenvalue weighted by atomic mass is 16.3. The SMILES string of the molecule is CC(C)n1cc(CNC(=O)c2cc3ncc(CCO)cn3n2)cn1. The predicted molar refractivity (Wildman–Crippen MR) is 87.6 cm³/mol. The van der Waals surface area contributed by atoms with Gasteiger partial charge >= 0.3 is 0 Å². The number of aromatic nitrogens is 5. The van der Waals surface area contributed by atoms with Crippen molar-refractivity contribution < 1.29 is 9.90 Å². The zero-order valence-corrected chi connectivity index (χ0v) is 13.7. The van der Waals surface area contributed by atoms with E-state index in [-0.39, 0.29) is 18.6 Å². The first kappa shape index (κ1) is 16.1. The molecule has 3 aromatic rings. The van der Waals surface area contributed by atoms with Crippen LogP contribution in [0.3, 0.4) is 0 Å². The second-order valence-electron chi connectivity index (χ2n) is 5.87. The number of carbonyl (C=O) groups excluding carboxylic acids is 1. The average molecular weight is 328 g/mol. The minimum atomic E-state index is -0.262. The third-order valence-corrected chi connectivity index (χ3v) is 3.64. The molecule has 0 spiro atoms. The highest BCUT2D eigenvalue weighted by molar-refractivity contribution is 5.93. The van der Waals surface area contributed by atoms with Gasteiger partial charge in [0.15, 0.2) is 11.3 Å². The molecule has 2 N–H and O–H groups in total. The van der Waals surface area contributed by atoms with Gasteiger partial charge in [-0.1, -0.05) is 0 Å². The summed E-state index contributed by atoms with van der Waals surface area (Å²) >= 11 is 0. The van der Waals surface area contributed by atoms with Crippen molar-refractivity contribution in [3.05, 3.63) is 47.7 Å². The summed E-state index contributed by atoms with van der Waals surface area (Å²) in [5.74, 6) is -0.262. The summed E-state index contributed by atoms with van der Waals surface area (Å²) in [5.41, 5.74) is 2.69. The van der Waals surface area contributed by atoms with Gasteiger partial charge in [-0.3, -0.25) is 9.48 Å². The summed E-state index contributed by atoms with van der Waals surface area (Å²) in [6.45, 7) is 4.53. The molecule has 0 unspecified atom stereocenters. The first-order valence-corrected chi connectivity index (χ1v) is 7.83. The number of carbonyl (C=O) groups is 1. The van der Waals surface area contributed by atoms with E-state index < -0.39 is 0 Å². The molecule has 0 fully saturated rings. The number of aliphatic hydroxyl groups is 1. The van der Waals surface area contributed by atoms with Crippen molar-refractivity contribution in [2.45, 2.75) is 32.9 Å². The van der Waals surface area contributed by atoms with E-state index in [0.29, 0.717) is 24.3 Å². The molecule has 0 radical (unpaired) electrons. The molecule has 8 heteroatoms. The van der Waals surface area contributed by atoms with E-state index in [2.05, 4.69) is 20.5 Å². The van der Waals surface area contributed by atoms with E-state index in [1.807, 2.05) is 24.7 Å². The summed E-state index contributed by atoms with van der Waals surface area (Å²) in [4.78, 5) is 16.5. The molecule has 126 valence electrons. The fourth-order valence-corrected chi connectivity index (χ4v) is 2.31. The topological polar surface area (TPSA) is 97.3 Å². The van der Waals surface area contributed by atoms with Crippen LogP contribution in [-0.2, 0) is 13.0 Å². The molecule has 8 nitrogen and oxygen atoms in total. The molecule has 1 amide bonds. The number of hydrogen-bond donors (Lipinski definition) is 2. The van der Waals surface area contributed by atoms with Crippen molar-refractivity contribution in [2.75, 3.05) is 6.61 Å². The van der Waals surface area contributed by atoms with Gasteiger partial charge in [0.2, 0.25) is 0 Å². The maximum Gasteiger partial charge on any atom is 0.272 e. The van der Waals surface area contributed by atoms with Crippen LogP contribution in [-0.4, -0.2) is 42.0 Å². The summed E-state index contributed by atoms with van der Waals surface area (Å²) in [6, 6.07) is 1.92. The molecule has 0 saturated heterocycles. The van der Waals surface area contributed by atoms with Crippen molar-refractivity contribution in [1.82, 2.24) is 29.7 Å². The van der Waals surface area contributed by atoms with Crippen molar-refractivity contribution in [3.63, 3.8) is 0 Å². The van der Waals surface area contributed by atoms with E-state index in [4.69, 9.17) is 5.11 Å². The summed E-state index contributed by atoms with van der Waals surface area (Å²) < 4.78 is 3.40. The molecular formula is C16H20N6O2. The predicted octanol–water partition coefficient (Wildman–Crippen LogP) is 0.971. The second kappa shape index (κ2) is 6.79. The van der Waals surface area contributed by atoms with Gasteiger partial charge < -0.3 is 10.4 Å². The Morgan fingerprint density at radius 2 is 2.12 bits per heavy atom. The first-order valence-electron chi connectivity index (χ1n) is 7.83. The maximum absolute atomic E-state index is 12.3. The number of aliphatic hydroxyl groups excluding tert-OH is 1. The Hall–Kier alpha value is -2.74. The summed E-state index contributed by atoms with van der Waals surface area (Å²) in [7, 11) is 0. The van der Waals surface area contributed by atoms with Crippen LogP contribution in [0, 0.1) is 0 Å². The number of nitrogens with one attached hydrogen (secondary N) is 1. The highest BCUT2D eigenvalue weighted by Gasteiger charge is 2.12. The third-order valence-electron chi connectivity index (χ3n) is 3.64. The number of amides is 1. The Labute approximate surface area is 139 Å². The van der Waals surface area contributed by atoms with Crippen LogP contribution in [0.1, 0.15) is 41.5 Å². The highest BCUT2D eigenvalue weighted by Crippen LogP contribution is 2.08. The molecule has 24 heavy (non-hydrogen) atoms. The molecule has 3 rings (SSSR count).